The molecule has 0 aliphatic heterocycles. The Morgan fingerprint density at radius 3 is 2.59 bits per heavy atom. The highest BCUT2D eigenvalue weighted by Crippen LogP contribution is 2.26. The summed E-state index contributed by atoms with van der Waals surface area (Å²) in [5.74, 6) is 1.06. The quantitative estimate of drug-likeness (QED) is 0.296. The van der Waals surface area contributed by atoms with Crippen LogP contribution in [0.3, 0.4) is 0 Å². The van der Waals surface area contributed by atoms with Crippen molar-refractivity contribution in [2.45, 2.75) is 17.7 Å². The number of hydrogen-bond acceptors (Lipinski definition) is 5. The number of ether oxygens (including phenoxy) is 1. The summed E-state index contributed by atoms with van der Waals surface area (Å²) in [6.45, 7) is 0.407. The maximum atomic E-state index is 12.9. The molecular weight excluding hydrogens is 476 g/mol. The lowest BCUT2D eigenvalue weighted by Crippen LogP contribution is -2.25. The van der Waals surface area contributed by atoms with Crippen LogP contribution in [0, 0.1) is 0 Å². The summed E-state index contributed by atoms with van der Waals surface area (Å²) in [7, 11) is -2.49. The van der Waals surface area contributed by atoms with E-state index in [1.165, 1.54) is 25.3 Å². The van der Waals surface area contributed by atoms with E-state index in [0.717, 1.165) is 16.9 Å². The van der Waals surface area contributed by atoms with Crippen molar-refractivity contribution in [1.29, 1.82) is 0 Å². The zero-order valence-electron chi connectivity index (χ0n) is 18.3. The number of fused-ring (bicyclic) bond motifs is 1. The van der Waals surface area contributed by atoms with Crippen molar-refractivity contribution < 1.29 is 17.9 Å². The molecule has 10 heteroatoms. The van der Waals surface area contributed by atoms with Gasteiger partial charge in [-0.05, 0) is 61.0 Å². The van der Waals surface area contributed by atoms with Crippen LogP contribution in [0.5, 0.6) is 5.75 Å². The number of aromatic nitrogens is 2. The van der Waals surface area contributed by atoms with Gasteiger partial charge in [0.15, 0.2) is 0 Å². The second-order valence-electron chi connectivity index (χ2n) is 7.54. The number of carbonyl (C=O) groups excluding carboxylic acids is 1. The molecular formula is C24H23ClN4O4S. The molecule has 0 saturated carbocycles. The summed E-state index contributed by atoms with van der Waals surface area (Å²) in [6, 6.07) is 18.3. The van der Waals surface area contributed by atoms with Crippen LogP contribution >= 0.6 is 11.6 Å². The summed E-state index contributed by atoms with van der Waals surface area (Å²) in [5.41, 5.74) is 2.42. The average molecular weight is 499 g/mol. The number of H-pyrrole nitrogens is 1. The smallest absolute Gasteiger partial charge is 0.263 e. The molecule has 1 aromatic heterocycles. The van der Waals surface area contributed by atoms with Gasteiger partial charge in [0.05, 0.1) is 23.2 Å². The summed E-state index contributed by atoms with van der Waals surface area (Å²) >= 11 is 6.15. The van der Waals surface area contributed by atoms with E-state index in [0.29, 0.717) is 30.8 Å². The van der Waals surface area contributed by atoms with Gasteiger partial charge < -0.3 is 15.0 Å². The lowest BCUT2D eigenvalue weighted by Gasteiger charge is -2.12. The number of anilines is 1. The molecule has 0 aliphatic carbocycles. The predicted molar refractivity (Wildman–Crippen MR) is 132 cm³/mol. The van der Waals surface area contributed by atoms with E-state index in [9.17, 15) is 13.2 Å². The number of carbonyl (C=O) groups is 1. The lowest BCUT2D eigenvalue weighted by atomic mass is 10.2. The largest absolute Gasteiger partial charge is 0.497 e. The second-order valence-corrected chi connectivity index (χ2v) is 9.60. The first-order chi connectivity index (χ1) is 16.4. The van der Waals surface area contributed by atoms with E-state index < -0.39 is 10.0 Å². The van der Waals surface area contributed by atoms with Crippen molar-refractivity contribution in [2.24, 2.45) is 0 Å². The molecule has 8 nitrogen and oxygen atoms in total. The highest BCUT2D eigenvalue weighted by Gasteiger charge is 2.20. The second kappa shape index (κ2) is 10.1. The summed E-state index contributed by atoms with van der Waals surface area (Å²) < 4.78 is 33.3. The molecule has 0 saturated heterocycles. The first-order valence-electron chi connectivity index (χ1n) is 10.5. The van der Waals surface area contributed by atoms with E-state index in [1.54, 1.807) is 24.3 Å². The Hall–Kier alpha value is -3.56. The molecule has 4 rings (SSSR count). The molecule has 1 heterocycles. The van der Waals surface area contributed by atoms with Gasteiger partial charge in [0.25, 0.3) is 15.9 Å². The molecule has 176 valence electrons. The fraction of sp³-hybridized carbons (Fsp3) is 0.167. The van der Waals surface area contributed by atoms with Crippen molar-refractivity contribution in [3.05, 3.63) is 83.1 Å². The maximum absolute atomic E-state index is 12.9. The molecule has 34 heavy (non-hydrogen) atoms. The Kier molecular flexibility index (Phi) is 7.04. The minimum Gasteiger partial charge on any atom is -0.497 e. The third kappa shape index (κ3) is 5.49. The van der Waals surface area contributed by atoms with Crippen LogP contribution in [0.4, 0.5) is 5.69 Å². The number of aromatic amines is 1. The highest BCUT2D eigenvalue weighted by molar-refractivity contribution is 7.92. The fourth-order valence-corrected chi connectivity index (χ4v) is 4.99. The van der Waals surface area contributed by atoms with Crippen molar-refractivity contribution in [1.82, 2.24) is 15.3 Å². The van der Waals surface area contributed by atoms with Crippen molar-refractivity contribution >= 4 is 44.3 Å². The number of rotatable bonds is 9. The molecule has 0 bridgehead atoms. The number of hydrogen-bond donors (Lipinski definition) is 3. The number of nitrogens with one attached hydrogen (secondary N) is 3. The van der Waals surface area contributed by atoms with Gasteiger partial charge in [0.2, 0.25) is 0 Å². The van der Waals surface area contributed by atoms with Gasteiger partial charge in [-0.3, -0.25) is 9.52 Å². The van der Waals surface area contributed by atoms with Gasteiger partial charge in [-0.15, -0.1) is 0 Å². The number of sulfonamides is 1. The lowest BCUT2D eigenvalue weighted by molar-refractivity contribution is 0.0953. The molecule has 0 radical (unpaired) electrons. The van der Waals surface area contributed by atoms with Crippen molar-refractivity contribution in [2.75, 3.05) is 18.4 Å². The van der Waals surface area contributed by atoms with E-state index in [-0.39, 0.29) is 21.4 Å². The van der Waals surface area contributed by atoms with E-state index >= 15 is 0 Å². The number of imidazole rings is 1. The zero-order chi connectivity index (χ0) is 24.1. The number of aryl methyl sites for hydroxylation is 1. The van der Waals surface area contributed by atoms with Crippen LogP contribution in [0.25, 0.3) is 11.0 Å². The molecule has 0 spiro atoms. The summed E-state index contributed by atoms with van der Waals surface area (Å²) in [6.07, 6.45) is 1.34. The Labute approximate surface area is 202 Å². The third-order valence-electron chi connectivity index (χ3n) is 5.14. The molecule has 0 fully saturated rings. The normalized spacial score (nSPS) is 11.4. The van der Waals surface area contributed by atoms with Crippen LogP contribution in [0.2, 0.25) is 5.02 Å². The molecule has 0 atom stereocenters. The summed E-state index contributed by atoms with van der Waals surface area (Å²) in [4.78, 5) is 20.2. The standard InChI is InChI=1S/C24H23ClN4O4S/c1-33-18-11-9-17(10-12-18)29-34(31,32)22-15-16(8-13-19(22)25)24(30)26-14-4-7-23-27-20-5-2-3-6-21(20)28-23/h2-3,5-6,8-13,15,29H,4,7,14H2,1H3,(H,26,30)(H,27,28). The van der Waals surface area contributed by atoms with Gasteiger partial charge in [-0.25, -0.2) is 13.4 Å². The third-order valence-corrected chi connectivity index (χ3v) is 7.00. The molecule has 1 amide bonds. The van der Waals surface area contributed by atoms with E-state index in [2.05, 4.69) is 20.0 Å². The van der Waals surface area contributed by atoms with Gasteiger partial charge >= 0.3 is 0 Å². The molecule has 3 aromatic carbocycles. The Morgan fingerprint density at radius 1 is 1.09 bits per heavy atom. The van der Waals surface area contributed by atoms with Crippen LogP contribution in [-0.4, -0.2) is 37.9 Å². The van der Waals surface area contributed by atoms with Crippen LogP contribution in [0.1, 0.15) is 22.6 Å². The SMILES string of the molecule is COc1ccc(NS(=O)(=O)c2cc(C(=O)NCCCc3nc4ccccc4[nH]3)ccc2Cl)cc1. The number of benzene rings is 3. The summed E-state index contributed by atoms with van der Waals surface area (Å²) in [5, 5.41) is 2.83. The predicted octanol–water partition coefficient (Wildman–Crippen LogP) is 4.39. The monoisotopic (exact) mass is 498 g/mol. The molecule has 4 aromatic rings. The van der Waals surface area contributed by atoms with Crippen LogP contribution < -0.4 is 14.8 Å². The topological polar surface area (TPSA) is 113 Å². The van der Waals surface area contributed by atoms with Crippen molar-refractivity contribution in [3.8, 4) is 5.75 Å². The number of nitrogens with zero attached hydrogens (tertiary/aromatic N) is 1. The number of para-hydroxylation sites is 2. The molecule has 0 unspecified atom stereocenters. The zero-order valence-corrected chi connectivity index (χ0v) is 19.9. The van der Waals surface area contributed by atoms with Gasteiger partial charge in [-0.1, -0.05) is 23.7 Å². The molecule has 0 aliphatic rings. The van der Waals surface area contributed by atoms with Gasteiger partial charge in [0, 0.05) is 24.2 Å². The van der Waals surface area contributed by atoms with Crippen LogP contribution in [0.15, 0.2) is 71.6 Å². The highest BCUT2D eigenvalue weighted by atomic mass is 35.5. The Morgan fingerprint density at radius 2 is 1.85 bits per heavy atom. The maximum Gasteiger partial charge on any atom is 0.263 e. The average Bonchev–Trinajstić information content (AvgIpc) is 3.25. The Balaban J connectivity index is 1.38. The minimum absolute atomic E-state index is 0.0162. The van der Waals surface area contributed by atoms with Crippen LogP contribution in [-0.2, 0) is 16.4 Å². The first kappa shape index (κ1) is 23.6. The van der Waals surface area contributed by atoms with E-state index in [4.69, 9.17) is 16.3 Å². The molecule has 3 N–H and O–H groups in total. The first-order valence-corrected chi connectivity index (χ1v) is 12.4. The number of halogens is 1. The van der Waals surface area contributed by atoms with Gasteiger partial charge in [-0.2, -0.15) is 0 Å². The van der Waals surface area contributed by atoms with Gasteiger partial charge in [0.1, 0.15) is 16.5 Å². The number of amides is 1. The Bertz CT molecular complexity index is 1390. The minimum atomic E-state index is -4.01. The fourth-order valence-electron chi connectivity index (χ4n) is 3.40. The van der Waals surface area contributed by atoms with Crippen molar-refractivity contribution in [3.63, 3.8) is 0 Å². The number of methoxy groups -OCH3 is 1. The van der Waals surface area contributed by atoms with E-state index in [1.807, 2.05) is 24.3 Å².